The van der Waals surface area contributed by atoms with Crippen molar-refractivity contribution in [2.75, 3.05) is 18.1 Å². The summed E-state index contributed by atoms with van der Waals surface area (Å²) in [5, 5.41) is 9.91. The van der Waals surface area contributed by atoms with Crippen LogP contribution in [0, 0.1) is 11.3 Å². The van der Waals surface area contributed by atoms with Gasteiger partial charge in [-0.15, -0.1) is 0 Å². The van der Waals surface area contributed by atoms with Crippen molar-refractivity contribution >= 4 is 38.5 Å². The average Bonchev–Trinajstić information content (AvgIpc) is 2.82. The molecule has 0 radical (unpaired) electrons. The van der Waals surface area contributed by atoms with Gasteiger partial charge < -0.3 is 4.74 Å². The third kappa shape index (κ3) is 5.06. The SMILES string of the molecule is COc1c(Cl)cc(C(C)(C)c2ccc(-c3ccc4nc(NS(C)(=O)=O)cnc4c3)cc2)cc1C#N. The minimum atomic E-state index is -3.43. The summed E-state index contributed by atoms with van der Waals surface area (Å²) in [7, 11) is -1.93. The number of aromatic nitrogens is 2. The molecule has 1 aromatic heterocycles. The quantitative estimate of drug-likeness (QED) is 0.368. The number of halogens is 1. The van der Waals surface area contributed by atoms with E-state index in [-0.39, 0.29) is 5.82 Å². The fourth-order valence-corrected chi connectivity index (χ4v) is 4.69. The van der Waals surface area contributed by atoms with Gasteiger partial charge in [-0.05, 0) is 46.5 Å². The maximum Gasteiger partial charge on any atom is 0.231 e. The number of sulfonamides is 1. The van der Waals surface area contributed by atoms with Crippen LogP contribution in [0.4, 0.5) is 5.82 Å². The molecule has 0 aliphatic carbocycles. The Labute approximate surface area is 209 Å². The van der Waals surface area contributed by atoms with E-state index in [9.17, 15) is 13.7 Å². The van der Waals surface area contributed by atoms with Crippen molar-refractivity contribution in [3.8, 4) is 22.9 Å². The van der Waals surface area contributed by atoms with Crippen LogP contribution in [-0.4, -0.2) is 31.8 Å². The highest BCUT2D eigenvalue weighted by Gasteiger charge is 2.26. The van der Waals surface area contributed by atoms with Gasteiger partial charge in [0.05, 0.1) is 41.2 Å². The van der Waals surface area contributed by atoms with Crippen LogP contribution in [-0.2, 0) is 15.4 Å². The molecule has 4 aromatic rings. The zero-order valence-electron chi connectivity index (χ0n) is 19.6. The molecule has 3 aromatic carbocycles. The van der Waals surface area contributed by atoms with Crippen LogP contribution in [0.3, 0.4) is 0 Å². The Balaban J connectivity index is 1.65. The molecule has 9 heteroatoms. The minimum Gasteiger partial charge on any atom is -0.494 e. The summed E-state index contributed by atoms with van der Waals surface area (Å²) in [5.74, 6) is 0.556. The van der Waals surface area contributed by atoms with Crippen molar-refractivity contribution in [2.24, 2.45) is 0 Å². The van der Waals surface area contributed by atoms with Crippen molar-refractivity contribution in [2.45, 2.75) is 19.3 Å². The van der Waals surface area contributed by atoms with Crippen LogP contribution in [0.25, 0.3) is 22.2 Å². The van der Waals surface area contributed by atoms with Gasteiger partial charge in [-0.2, -0.15) is 5.26 Å². The predicted molar refractivity (Wildman–Crippen MR) is 138 cm³/mol. The molecule has 0 saturated heterocycles. The van der Waals surface area contributed by atoms with Gasteiger partial charge in [0.2, 0.25) is 10.0 Å². The molecule has 7 nitrogen and oxygen atoms in total. The number of nitrogens with one attached hydrogen (secondary N) is 1. The lowest BCUT2D eigenvalue weighted by molar-refractivity contribution is 0.413. The number of nitrogens with zero attached hydrogens (tertiary/aromatic N) is 3. The van der Waals surface area contributed by atoms with Crippen molar-refractivity contribution in [1.82, 2.24) is 9.97 Å². The fraction of sp³-hybridized carbons (Fsp3) is 0.192. The van der Waals surface area contributed by atoms with Gasteiger partial charge >= 0.3 is 0 Å². The molecular weight excluding hydrogens is 484 g/mol. The Morgan fingerprint density at radius 3 is 2.31 bits per heavy atom. The van der Waals surface area contributed by atoms with Crippen LogP contribution in [0.5, 0.6) is 5.75 Å². The first-order valence-corrected chi connectivity index (χ1v) is 12.9. The minimum absolute atomic E-state index is 0.178. The first-order valence-electron chi connectivity index (χ1n) is 10.7. The van der Waals surface area contributed by atoms with E-state index in [4.69, 9.17) is 16.3 Å². The van der Waals surface area contributed by atoms with Gasteiger partial charge in [-0.25, -0.2) is 13.4 Å². The normalized spacial score (nSPS) is 11.8. The molecule has 178 valence electrons. The molecule has 0 fully saturated rings. The summed E-state index contributed by atoms with van der Waals surface area (Å²) in [4.78, 5) is 8.66. The van der Waals surface area contributed by atoms with Gasteiger partial charge in [0.1, 0.15) is 6.07 Å². The van der Waals surface area contributed by atoms with Crippen LogP contribution in [0.15, 0.2) is 60.8 Å². The molecular formula is C26H23ClN4O3S. The summed E-state index contributed by atoms with van der Waals surface area (Å²) in [6, 6.07) is 19.6. The number of fused-ring (bicyclic) bond motifs is 1. The smallest absolute Gasteiger partial charge is 0.231 e. The number of ether oxygens (including phenoxy) is 1. The number of nitriles is 1. The standard InChI is InChI=1S/C26H23ClN4O3S/c1-26(2,20-11-18(14-28)25(34-3)21(27)13-20)19-8-5-16(6-9-19)17-7-10-22-23(12-17)29-15-24(30-22)31-35(4,32)33/h5-13,15H,1-4H3,(H,30,31). The van der Waals surface area contributed by atoms with Gasteiger partial charge in [0.25, 0.3) is 0 Å². The third-order valence-corrected chi connectivity index (χ3v) is 6.72. The Hall–Kier alpha value is -3.67. The summed E-state index contributed by atoms with van der Waals surface area (Å²) >= 11 is 6.38. The highest BCUT2D eigenvalue weighted by Crippen LogP contribution is 2.38. The second-order valence-corrected chi connectivity index (χ2v) is 10.8. The molecule has 35 heavy (non-hydrogen) atoms. The van der Waals surface area contributed by atoms with Crippen LogP contribution >= 0.6 is 11.6 Å². The molecule has 0 saturated carbocycles. The Morgan fingerprint density at radius 1 is 1.00 bits per heavy atom. The Bertz CT molecular complexity index is 1580. The molecule has 0 amide bonds. The van der Waals surface area contributed by atoms with Crippen molar-refractivity contribution < 1.29 is 13.2 Å². The second-order valence-electron chi connectivity index (χ2n) is 8.69. The van der Waals surface area contributed by atoms with E-state index in [2.05, 4.69) is 46.7 Å². The largest absolute Gasteiger partial charge is 0.494 e. The van der Waals surface area contributed by atoms with Crippen molar-refractivity contribution in [3.05, 3.63) is 82.5 Å². The number of methoxy groups -OCH3 is 1. The molecule has 4 rings (SSSR count). The number of rotatable bonds is 6. The van der Waals surface area contributed by atoms with E-state index in [1.54, 1.807) is 0 Å². The summed E-state index contributed by atoms with van der Waals surface area (Å²) in [6.07, 6.45) is 2.47. The molecule has 0 bridgehead atoms. The molecule has 0 atom stereocenters. The number of hydrogen-bond acceptors (Lipinski definition) is 6. The molecule has 0 aliphatic rings. The third-order valence-electron chi connectivity index (χ3n) is 5.86. The molecule has 0 spiro atoms. The maximum absolute atomic E-state index is 11.4. The van der Waals surface area contributed by atoms with Gasteiger partial charge in [0, 0.05) is 5.41 Å². The lowest BCUT2D eigenvalue weighted by Crippen LogP contribution is -2.19. The number of anilines is 1. The highest BCUT2D eigenvalue weighted by molar-refractivity contribution is 7.92. The highest BCUT2D eigenvalue weighted by atomic mass is 35.5. The van der Waals surface area contributed by atoms with Crippen molar-refractivity contribution in [3.63, 3.8) is 0 Å². The van der Waals surface area contributed by atoms with Crippen LogP contribution < -0.4 is 9.46 Å². The first-order chi connectivity index (χ1) is 16.5. The Kier molecular flexibility index (Phi) is 6.41. The molecule has 0 unspecified atom stereocenters. The summed E-state index contributed by atoms with van der Waals surface area (Å²) < 4.78 is 30.5. The molecule has 0 aliphatic heterocycles. The maximum atomic E-state index is 11.4. The van der Waals surface area contributed by atoms with E-state index >= 15 is 0 Å². The fourth-order valence-electron chi connectivity index (χ4n) is 3.92. The zero-order chi connectivity index (χ0) is 25.4. The van der Waals surface area contributed by atoms with Crippen LogP contribution in [0.1, 0.15) is 30.5 Å². The number of hydrogen-bond donors (Lipinski definition) is 1. The van der Waals surface area contributed by atoms with E-state index in [1.165, 1.54) is 13.3 Å². The van der Waals surface area contributed by atoms with E-state index in [0.717, 1.165) is 28.5 Å². The zero-order valence-corrected chi connectivity index (χ0v) is 21.2. The van der Waals surface area contributed by atoms with Crippen molar-refractivity contribution in [1.29, 1.82) is 5.26 Å². The average molecular weight is 507 g/mol. The first kappa shape index (κ1) is 24.5. The summed E-state index contributed by atoms with van der Waals surface area (Å²) in [6.45, 7) is 4.16. The van der Waals surface area contributed by atoms with E-state index in [0.29, 0.717) is 27.4 Å². The molecule has 1 N–H and O–H groups in total. The second kappa shape index (κ2) is 9.17. The van der Waals surface area contributed by atoms with Gasteiger partial charge in [0.15, 0.2) is 11.6 Å². The molecule has 1 heterocycles. The lowest BCUT2D eigenvalue weighted by atomic mass is 9.77. The van der Waals surface area contributed by atoms with E-state index < -0.39 is 15.4 Å². The summed E-state index contributed by atoms with van der Waals surface area (Å²) in [5.41, 5.74) is 5.16. The predicted octanol–water partition coefficient (Wildman–Crippen LogP) is 5.53. The van der Waals surface area contributed by atoms with Crippen LogP contribution in [0.2, 0.25) is 5.02 Å². The van der Waals surface area contributed by atoms with Gasteiger partial charge in [-0.1, -0.05) is 55.8 Å². The Morgan fingerprint density at radius 2 is 1.69 bits per heavy atom. The van der Waals surface area contributed by atoms with Gasteiger partial charge in [-0.3, -0.25) is 9.71 Å². The van der Waals surface area contributed by atoms with E-state index in [1.807, 2.05) is 42.5 Å². The topological polar surface area (TPSA) is 105 Å². The lowest BCUT2D eigenvalue weighted by Gasteiger charge is -2.27. The monoisotopic (exact) mass is 506 g/mol. The number of benzene rings is 3.